The second-order valence-corrected chi connectivity index (χ2v) is 3.94. The summed E-state index contributed by atoms with van der Waals surface area (Å²) in [6.07, 6.45) is -6.96. The molecule has 0 bridgehead atoms. The number of carbonyl (C=O) groups is 1. The molecule has 0 aromatic heterocycles. The fourth-order valence-electron chi connectivity index (χ4n) is 1.54. The molecule has 6 N–H and O–H groups in total. The maximum atomic E-state index is 11.2. The van der Waals surface area contributed by atoms with Crippen molar-refractivity contribution in [2.75, 3.05) is 6.61 Å². The second kappa shape index (κ2) is 5.71. The number of aliphatic hydroxyl groups excluding tert-OH is 5. The van der Waals surface area contributed by atoms with Crippen LogP contribution in [-0.4, -0.2) is 74.8 Å². The number of amides is 1. The number of hydrogen-bond acceptors (Lipinski definition) is 7. The molecule has 8 heteroatoms. The van der Waals surface area contributed by atoms with E-state index in [1.54, 1.807) is 0 Å². The van der Waals surface area contributed by atoms with Crippen molar-refractivity contribution in [1.29, 1.82) is 0 Å². The summed E-state index contributed by atoms with van der Waals surface area (Å²) in [5.74, 6) is -0.814. The second-order valence-electron chi connectivity index (χ2n) is 3.94. The van der Waals surface area contributed by atoms with Crippen LogP contribution in [0, 0.1) is 0 Å². The first-order valence-electron chi connectivity index (χ1n) is 5.17. The minimum absolute atomic E-state index is 0.577. The molecule has 8 nitrogen and oxygen atoms in total. The lowest BCUT2D eigenvalue weighted by Crippen LogP contribution is -2.64. The normalized spacial score (nSPS) is 39.8. The molecule has 1 rings (SSSR count). The monoisotopic (exact) mass is 251 g/mol. The summed E-state index contributed by atoms with van der Waals surface area (Å²) >= 11 is 0. The number of rotatable bonds is 3. The van der Waals surface area contributed by atoms with Crippen LogP contribution in [0.5, 0.6) is 0 Å². The molecule has 1 saturated heterocycles. The van der Waals surface area contributed by atoms with E-state index in [9.17, 15) is 20.1 Å². The Morgan fingerprint density at radius 3 is 2.41 bits per heavy atom. The largest absolute Gasteiger partial charge is 0.394 e. The highest BCUT2D eigenvalue weighted by Crippen LogP contribution is 2.19. The van der Waals surface area contributed by atoms with E-state index in [4.69, 9.17) is 14.9 Å². The van der Waals surface area contributed by atoms with Gasteiger partial charge in [-0.3, -0.25) is 4.79 Å². The van der Waals surface area contributed by atoms with Gasteiger partial charge in [-0.25, -0.2) is 0 Å². The lowest BCUT2D eigenvalue weighted by molar-refractivity contribution is -0.254. The quantitative estimate of drug-likeness (QED) is 0.303. The van der Waals surface area contributed by atoms with Crippen LogP contribution in [0.3, 0.4) is 0 Å². The van der Waals surface area contributed by atoms with Crippen LogP contribution in [0.25, 0.3) is 0 Å². The zero-order valence-electron chi connectivity index (χ0n) is 9.22. The molecule has 1 aliphatic rings. The first-order chi connectivity index (χ1) is 7.88. The number of ether oxygens (including phenoxy) is 1. The Labute approximate surface area is 97.4 Å². The molecule has 1 aliphatic heterocycles. The van der Waals surface area contributed by atoms with Gasteiger partial charge in [-0.05, 0) is 6.92 Å². The summed E-state index contributed by atoms with van der Waals surface area (Å²) < 4.78 is 4.81. The highest BCUT2D eigenvalue weighted by molar-refractivity contribution is 5.80. The van der Waals surface area contributed by atoms with Gasteiger partial charge in [-0.1, -0.05) is 0 Å². The maximum Gasteiger partial charge on any atom is 0.249 e. The molecule has 0 spiro atoms. The first-order valence-corrected chi connectivity index (χ1v) is 5.17. The zero-order chi connectivity index (χ0) is 13.2. The van der Waals surface area contributed by atoms with Gasteiger partial charge >= 0.3 is 0 Å². The third kappa shape index (κ3) is 3.12. The van der Waals surface area contributed by atoms with E-state index >= 15 is 0 Å². The van der Waals surface area contributed by atoms with Crippen LogP contribution in [0.15, 0.2) is 0 Å². The van der Waals surface area contributed by atoms with Crippen molar-refractivity contribution in [2.24, 2.45) is 0 Å². The standard InChI is InChI=1S/C9H17NO7/c1-3(12)8(15)10-5-7(14)6(13)4(2-11)17-9(5)16/h3-7,9,11-14,16H,2H2,1H3,(H,10,15)/t3?,4-,5-,6-,7-,9?/m1/s1. The lowest BCUT2D eigenvalue weighted by Gasteiger charge is -2.40. The Morgan fingerprint density at radius 2 is 1.94 bits per heavy atom. The van der Waals surface area contributed by atoms with Gasteiger partial charge in [0.15, 0.2) is 6.29 Å². The van der Waals surface area contributed by atoms with Gasteiger partial charge in [0.25, 0.3) is 0 Å². The molecule has 17 heavy (non-hydrogen) atoms. The Morgan fingerprint density at radius 1 is 1.35 bits per heavy atom. The number of hydrogen-bond donors (Lipinski definition) is 6. The molecule has 6 atom stereocenters. The molecule has 1 fully saturated rings. The predicted octanol–water partition coefficient (Wildman–Crippen LogP) is -3.72. The molecular formula is C9H17NO7. The van der Waals surface area contributed by atoms with E-state index in [1.807, 2.05) is 0 Å². The summed E-state index contributed by atoms with van der Waals surface area (Å²) in [4.78, 5) is 11.2. The van der Waals surface area contributed by atoms with E-state index in [-0.39, 0.29) is 0 Å². The van der Waals surface area contributed by atoms with Gasteiger partial charge in [0.2, 0.25) is 5.91 Å². The molecule has 0 radical (unpaired) electrons. The number of carbonyl (C=O) groups excluding carboxylic acids is 1. The van der Waals surface area contributed by atoms with Gasteiger partial charge in [-0.15, -0.1) is 0 Å². The molecule has 1 amide bonds. The predicted molar refractivity (Wildman–Crippen MR) is 53.6 cm³/mol. The molecule has 0 aromatic rings. The average Bonchev–Trinajstić information content (AvgIpc) is 2.28. The average molecular weight is 251 g/mol. The van der Waals surface area contributed by atoms with Crippen molar-refractivity contribution >= 4 is 5.91 Å². The van der Waals surface area contributed by atoms with Crippen molar-refractivity contribution < 1.29 is 35.1 Å². The highest BCUT2D eigenvalue weighted by Gasteiger charge is 2.44. The summed E-state index contributed by atoms with van der Waals surface area (Å²) in [6.45, 7) is 0.636. The summed E-state index contributed by atoms with van der Waals surface area (Å²) in [7, 11) is 0. The zero-order valence-corrected chi connectivity index (χ0v) is 9.22. The van der Waals surface area contributed by atoms with E-state index in [0.717, 1.165) is 0 Å². The fourth-order valence-corrected chi connectivity index (χ4v) is 1.54. The molecule has 0 saturated carbocycles. The fraction of sp³-hybridized carbons (Fsp3) is 0.889. The maximum absolute atomic E-state index is 11.2. The SMILES string of the molecule is CC(O)C(=O)N[C@H]1C(O)O[C@H](CO)[C@@H](O)[C@@H]1O. The Bertz CT molecular complexity index is 272. The molecule has 1 heterocycles. The van der Waals surface area contributed by atoms with E-state index in [1.165, 1.54) is 6.92 Å². The Balaban J connectivity index is 2.69. The topological polar surface area (TPSA) is 139 Å². The van der Waals surface area contributed by atoms with Crippen molar-refractivity contribution in [2.45, 2.75) is 43.7 Å². The van der Waals surface area contributed by atoms with Gasteiger partial charge < -0.3 is 35.6 Å². The van der Waals surface area contributed by atoms with Crippen LogP contribution < -0.4 is 5.32 Å². The lowest BCUT2D eigenvalue weighted by atomic mass is 9.97. The molecule has 0 aromatic carbocycles. The molecular weight excluding hydrogens is 234 g/mol. The van der Waals surface area contributed by atoms with Crippen LogP contribution in [0.1, 0.15) is 6.92 Å². The van der Waals surface area contributed by atoms with Crippen molar-refractivity contribution in [3.05, 3.63) is 0 Å². The van der Waals surface area contributed by atoms with Gasteiger partial charge in [0.1, 0.15) is 30.5 Å². The van der Waals surface area contributed by atoms with E-state index in [0.29, 0.717) is 0 Å². The highest BCUT2D eigenvalue weighted by atomic mass is 16.6. The van der Waals surface area contributed by atoms with Gasteiger partial charge in [-0.2, -0.15) is 0 Å². The molecule has 2 unspecified atom stereocenters. The first kappa shape index (κ1) is 14.3. The van der Waals surface area contributed by atoms with E-state index < -0.39 is 49.3 Å². The van der Waals surface area contributed by atoms with E-state index in [2.05, 4.69) is 5.32 Å². The van der Waals surface area contributed by atoms with Gasteiger partial charge in [0, 0.05) is 0 Å². The molecule has 100 valence electrons. The third-order valence-corrected chi connectivity index (χ3v) is 2.59. The Kier molecular flexibility index (Phi) is 4.80. The van der Waals surface area contributed by atoms with Crippen molar-refractivity contribution in [3.63, 3.8) is 0 Å². The number of nitrogens with one attached hydrogen (secondary N) is 1. The van der Waals surface area contributed by atoms with Crippen molar-refractivity contribution in [1.82, 2.24) is 5.32 Å². The van der Waals surface area contributed by atoms with Gasteiger partial charge in [0.05, 0.1) is 6.61 Å². The summed E-state index contributed by atoms with van der Waals surface area (Å²) in [5.41, 5.74) is 0. The minimum Gasteiger partial charge on any atom is -0.394 e. The van der Waals surface area contributed by atoms with Crippen LogP contribution in [0.4, 0.5) is 0 Å². The van der Waals surface area contributed by atoms with Crippen LogP contribution in [0.2, 0.25) is 0 Å². The Hall–Kier alpha value is -0.770. The minimum atomic E-state index is -1.58. The number of aliphatic hydroxyl groups is 5. The summed E-state index contributed by atoms with van der Waals surface area (Å²) in [5, 5.41) is 48.6. The smallest absolute Gasteiger partial charge is 0.249 e. The molecule has 0 aliphatic carbocycles. The third-order valence-electron chi connectivity index (χ3n) is 2.59. The van der Waals surface area contributed by atoms with Crippen molar-refractivity contribution in [3.8, 4) is 0 Å². The van der Waals surface area contributed by atoms with Crippen LogP contribution >= 0.6 is 0 Å². The van der Waals surface area contributed by atoms with Crippen LogP contribution in [-0.2, 0) is 9.53 Å². The summed E-state index contributed by atoms with van der Waals surface area (Å²) in [6, 6.07) is -1.27.